The van der Waals surface area contributed by atoms with Gasteiger partial charge in [-0.1, -0.05) is 38.1 Å². The molecular weight excluding hydrogens is 364 g/mol. The van der Waals surface area contributed by atoms with Gasteiger partial charge in [0, 0.05) is 26.3 Å². The van der Waals surface area contributed by atoms with Gasteiger partial charge in [0.15, 0.2) is 5.96 Å². The van der Waals surface area contributed by atoms with E-state index in [0.29, 0.717) is 12.5 Å². The van der Waals surface area contributed by atoms with Gasteiger partial charge < -0.3 is 15.4 Å². The molecule has 0 heterocycles. The van der Waals surface area contributed by atoms with E-state index in [1.807, 2.05) is 31.2 Å². The number of rotatable bonds is 12. The third kappa shape index (κ3) is 10.9. The van der Waals surface area contributed by atoms with E-state index in [4.69, 9.17) is 4.74 Å². The molecule has 0 fully saturated rings. The summed E-state index contributed by atoms with van der Waals surface area (Å²) in [4.78, 5) is 4.58. The van der Waals surface area contributed by atoms with Gasteiger partial charge in [-0.05, 0) is 37.4 Å². The summed E-state index contributed by atoms with van der Waals surface area (Å²) in [5, 5.41) is 6.51. The Morgan fingerprint density at radius 2 is 1.96 bits per heavy atom. The molecule has 8 heteroatoms. The summed E-state index contributed by atoms with van der Waals surface area (Å²) in [5.74, 6) is 1.26. The van der Waals surface area contributed by atoms with Crippen LogP contribution in [0.3, 0.4) is 0 Å². The second kappa shape index (κ2) is 12.7. The number of benzene rings is 1. The average molecular weight is 399 g/mol. The monoisotopic (exact) mass is 398 g/mol. The maximum atomic E-state index is 11.7. The molecule has 0 radical (unpaired) electrons. The van der Waals surface area contributed by atoms with E-state index >= 15 is 0 Å². The largest absolute Gasteiger partial charge is 0.381 e. The highest BCUT2D eigenvalue weighted by Crippen LogP contribution is 2.09. The third-order valence-corrected chi connectivity index (χ3v) is 4.97. The lowest BCUT2D eigenvalue weighted by molar-refractivity contribution is 0.108. The second-order valence-corrected chi connectivity index (χ2v) is 8.65. The van der Waals surface area contributed by atoms with Gasteiger partial charge in [0.1, 0.15) is 0 Å². The van der Waals surface area contributed by atoms with E-state index in [-0.39, 0.29) is 5.75 Å². The average Bonchev–Trinajstić information content (AvgIpc) is 2.62. The first kappa shape index (κ1) is 23.4. The smallest absolute Gasteiger partial charge is 0.215 e. The molecule has 0 unspecified atom stereocenters. The van der Waals surface area contributed by atoms with Crippen LogP contribution in [0.15, 0.2) is 29.3 Å². The third-order valence-electron chi connectivity index (χ3n) is 3.63. The van der Waals surface area contributed by atoms with Crippen LogP contribution in [0.1, 0.15) is 38.3 Å². The van der Waals surface area contributed by atoms with Gasteiger partial charge in [-0.2, -0.15) is 0 Å². The Labute approximate surface area is 164 Å². The quantitative estimate of drug-likeness (QED) is 0.284. The fourth-order valence-corrected chi connectivity index (χ4v) is 3.08. The molecule has 0 amide bonds. The first-order chi connectivity index (χ1) is 12.9. The molecule has 1 aromatic rings. The summed E-state index contributed by atoms with van der Waals surface area (Å²) in [5.41, 5.74) is 1.72. The van der Waals surface area contributed by atoms with Gasteiger partial charge >= 0.3 is 0 Å². The highest BCUT2D eigenvalue weighted by atomic mass is 32.2. The number of guanidine groups is 1. The highest BCUT2D eigenvalue weighted by molar-refractivity contribution is 7.88. The van der Waals surface area contributed by atoms with Crippen molar-refractivity contribution < 1.29 is 13.2 Å². The second-order valence-electron chi connectivity index (χ2n) is 6.73. The van der Waals surface area contributed by atoms with Crippen LogP contribution in [0.25, 0.3) is 0 Å². The Kier molecular flexibility index (Phi) is 11.0. The zero-order chi connectivity index (χ0) is 20.1. The number of nitrogens with one attached hydrogen (secondary N) is 3. The van der Waals surface area contributed by atoms with Crippen LogP contribution in [-0.2, 0) is 27.1 Å². The molecule has 7 nitrogen and oxygen atoms in total. The standard InChI is InChI=1S/C19H34N4O3S/c1-5-21-19(22-10-7-11-26-14-16(2)3)23-13-17-8-6-9-18(12-17)15-27(24,25)20-4/h6,8-9,12,16,20H,5,7,10-11,13-15H2,1-4H3,(H2,21,22,23). The fourth-order valence-electron chi connectivity index (χ4n) is 2.32. The SMILES string of the molecule is CCNC(=NCc1cccc(CS(=O)(=O)NC)c1)NCCCOCC(C)C. The Balaban J connectivity index is 2.54. The molecule has 0 bridgehead atoms. The summed E-state index contributed by atoms with van der Waals surface area (Å²) in [7, 11) is -1.85. The van der Waals surface area contributed by atoms with Gasteiger partial charge in [-0.15, -0.1) is 0 Å². The summed E-state index contributed by atoms with van der Waals surface area (Å²) in [6.07, 6.45) is 0.911. The van der Waals surface area contributed by atoms with Crippen molar-refractivity contribution in [3.63, 3.8) is 0 Å². The molecule has 1 aromatic carbocycles. The van der Waals surface area contributed by atoms with E-state index in [9.17, 15) is 8.42 Å². The van der Waals surface area contributed by atoms with E-state index in [2.05, 4.69) is 34.2 Å². The summed E-state index contributed by atoms with van der Waals surface area (Å²) >= 11 is 0. The van der Waals surface area contributed by atoms with Crippen molar-refractivity contribution in [1.82, 2.24) is 15.4 Å². The molecule has 0 aromatic heterocycles. The van der Waals surface area contributed by atoms with E-state index in [0.717, 1.165) is 49.8 Å². The van der Waals surface area contributed by atoms with E-state index in [1.165, 1.54) is 7.05 Å². The minimum absolute atomic E-state index is 0.0320. The first-order valence-corrected chi connectivity index (χ1v) is 11.1. The maximum absolute atomic E-state index is 11.7. The molecule has 1 rings (SSSR count). The summed E-state index contributed by atoms with van der Waals surface area (Å²) in [6, 6.07) is 7.49. The van der Waals surface area contributed by atoms with Crippen molar-refractivity contribution in [2.24, 2.45) is 10.9 Å². The number of nitrogens with zero attached hydrogens (tertiary/aromatic N) is 1. The molecule has 0 aliphatic carbocycles. The van der Waals surface area contributed by atoms with Crippen molar-refractivity contribution in [3.05, 3.63) is 35.4 Å². The Morgan fingerprint density at radius 3 is 2.63 bits per heavy atom. The van der Waals surface area contributed by atoms with Crippen LogP contribution in [0.2, 0.25) is 0 Å². The lowest BCUT2D eigenvalue weighted by Crippen LogP contribution is -2.38. The molecule has 0 saturated carbocycles. The van der Waals surface area contributed by atoms with Crippen molar-refractivity contribution in [3.8, 4) is 0 Å². The van der Waals surface area contributed by atoms with Crippen LogP contribution in [0, 0.1) is 5.92 Å². The normalized spacial score (nSPS) is 12.4. The van der Waals surface area contributed by atoms with Crippen LogP contribution in [0.4, 0.5) is 0 Å². The molecule has 27 heavy (non-hydrogen) atoms. The molecule has 154 valence electrons. The van der Waals surface area contributed by atoms with Gasteiger partial charge in [0.25, 0.3) is 0 Å². The lowest BCUT2D eigenvalue weighted by Gasteiger charge is -2.12. The Hall–Kier alpha value is -1.64. The molecule has 3 N–H and O–H groups in total. The maximum Gasteiger partial charge on any atom is 0.215 e. The predicted octanol–water partition coefficient (Wildman–Crippen LogP) is 1.85. The number of sulfonamides is 1. The van der Waals surface area contributed by atoms with Gasteiger partial charge in [-0.3, -0.25) is 0 Å². The van der Waals surface area contributed by atoms with Crippen molar-refractivity contribution in [2.45, 2.75) is 39.5 Å². The van der Waals surface area contributed by atoms with E-state index in [1.54, 1.807) is 0 Å². The highest BCUT2D eigenvalue weighted by Gasteiger charge is 2.08. The zero-order valence-electron chi connectivity index (χ0n) is 16.9. The van der Waals surface area contributed by atoms with Gasteiger partial charge in [-0.25, -0.2) is 18.1 Å². The van der Waals surface area contributed by atoms with Crippen LogP contribution >= 0.6 is 0 Å². The summed E-state index contributed by atoms with van der Waals surface area (Å²) < 4.78 is 31.3. The molecule has 0 saturated heterocycles. The van der Waals surface area contributed by atoms with Crippen molar-refractivity contribution >= 4 is 16.0 Å². The zero-order valence-corrected chi connectivity index (χ0v) is 17.7. The number of ether oxygens (including phenoxy) is 1. The molecular formula is C19H34N4O3S. The van der Waals surface area contributed by atoms with Crippen molar-refractivity contribution in [1.29, 1.82) is 0 Å². The Bertz CT molecular complexity index is 675. The molecule has 0 atom stereocenters. The van der Waals surface area contributed by atoms with Gasteiger partial charge in [0.05, 0.1) is 12.3 Å². The minimum atomic E-state index is -3.28. The van der Waals surface area contributed by atoms with E-state index < -0.39 is 10.0 Å². The van der Waals surface area contributed by atoms with Crippen LogP contribution < -0.4 is 15.4 Å². The summed E-state index contributed by atoms with van der Waals surface area (Å²) in [6.45, 7) is 9.84. The van der Waals surface area contributed by atoms with Crippen molar-refractivity contribution in [2.75, 3.05) is 33.4 Å². The Morgan fingerprint density at radius 1 is 1.22 bits per heavy atom. The molecule has 0 aliphatic heterocycles. The predicted molar refractivity (Wildman–Crippen MR) is 111 cm³/mol. The van der Waals surface area contributed by atoms with Gasteiger partial charge in [0.2, 0.25) is 10.0 Å². The number of aliphatic imine (C=N–C) groups is 1. The first-order valence-electron chi connectivity index (χ1n) is 9.45. The lowest BCUT2D eigenvalue weighted by atomic mass is 10.1. The molecule has 0 spiro atoms. The van der Waals surface area contributed by atoms with Crippen LogP contribution in [-0.4, -0.2) is 47.7 Å². The fraction of sp³-hybridized carbons (Fsp3) is 0.632. The van der Waals surface area contributed by atoms with Crippen LogP contribution in [0.5, 0.6) is 0 Å². The minimum Gasteiger partial charge on any atom is -0.381 e. The topological polar surface area (TPSA) is 91.8 Å². The number of hydrogen-bond donors (Lipinski definition) is 3. The molecule has 0 aliphatic rings. The number of hydrogen-bond acceptors (Lipinski definition) is 4.